The van der Waals surface area contributed by atoms with Crippen molar-refractivity contribution < 1.29 is 52.2 Å². The van der Waals surface area contributed by atoms with Gasteiger partial charge in [0, 0.05) is 4.91 Å². The first kappa shape index (κ1) is 40.4. The van der Waals surface area contributed by atoms with Crippen LogP contribution in [0.5, 0.6) is 0 Å². The maximum absolute atomic E-state index is 13.4. The molecule has 3 aromatic rings. The lowest BCUT2D eigenvalue weighted by Crippen LogP contribution is -2.65. The summed E-state index contributed by atoms with van der Waals surface area (Å²) < 4.78 is 54.9. The maximum atomic E-state index is 13.4. The van der Waals surface area contributed by atoms with Crippen molar-refractivity contribution in [1.29, 1.82) is 0 Å². The third kappa shape index (κ3) is 10.7. The number of carbonyl (C=O) groups is 2. The minimum Gasteiger partial charge on any atom is -0.467 e. The second-order valence-electron chi connectivity index (χ2n) is 12.7. The van der Waals surface area contributed by atoms with Gasteiger partial charge in [0.05, 0.1) is 39.1 Å². The zero-order valence-corrected chi connectivity index (χ0v) is 30.6. The quantitative estimate of drug-likeness (QED) is 0.0480. The molecule has 288 valence electrons. The summed E-state index contributed by atoms with van der Waals surface area (Å²) in [6.07, 6.45) is -8.49. The molecule has 3 aromatic carbocycles. The van der Waals surface area contributed by atoms with Crippen LogP contribution in [0.15, 0.2) is 109 Å². The van der Waals surface area contributed by atoms with Gasteiger partial charge in [-0.05, 0) is 35.6 Å². The van der Waals surface area contributed by atoms with E-state index in [1.807, 2.05) is 97.9 Å². The summed E-state index contributed by atoms with van der Waals surface area (Å²) in [6, 6.07) is 27.4. The summed E-state index contributed by atoms with van der Waals surface area (Å²) >= 11 is 0. The maximum Gasteiger partial charge on any atom is 0.509 e. The van der Waals surface area contributed by atoms with E-state index in [1.165, 1.54) is 13.2 Å². The van der Waals surface area contributed by atoms with Crippen LogP contribution in [0.2, 0.25) is 0 Å². The van der Waals surface area contributed by atoms with Gasteiger partial charge < -0.3 is 42.6 Å². The third-order valence-electron chi connectivity index (χ3n) is 9.10. The van der Waals surface area contributed by atoms with Crippen LogP contribution in [0.25, 0.3) is 10.4 Å². The van der Waals surface area contributed by atoms with Crippen molar-refractivity contribution in [1.82, 2.24) is 0 Å². The molecule has 2 fully saturated rings. The van der Waals surface area contributed by atoms with Gasteiger partial charge >= 0.3 is 12.1 Å². The van der Waals surface area contributed by atoms with E-state index >= 15 is 0 Å². The minimum atomic E-state index is -1.37. The molecule has 2 heterocycles. The van der Waals surface area contributed by atoms with Crippen LogP contribution < -0.4 is 0 Å². The highest BCUT2D eigenvalue weighted by molar-refractivity contribution is 5.75. The molecular formula is C40H47N3O11. The van der Waals surface area contributed by atoms with Crippen molar-refractivity contribution in [2.45, 2.75) is 101 Å². The molecule has 5 rings (SSSR count). The number of methoxy groups -OCH3 is 1. The van der Waals surface area contributed by atoms with Gasteiger partial charge in [0.25, 0.3) is 0 Å². The Hall–Kier alpha value is -4.79. The molecule has 0 bridgehead atoms. The van der Waals surface area contributed by atoms with Crippen LogP contribution in [0.4, 0.5) is 4.79 Å². The van der Waals surface area contributed by atoms with Gasteiger partial charge in [0.15, 0.2) is 18.5 Å². The Balaban J connectivity index is 1.51. The van der Waals surface area contributed by atoms with Gasteiger partial charge in [-0.15, -0.1) is 0 Å². The molecule has 0 aromatic heterocycles. The highest BCUT2D eigenvalue weighted by Crippen LogP contribution is 2.36. The molecule has 54 heavy (non-hydrogen) atoms. The Morgan fingerprint density at radius 3 is 1.83 bits per heavy atom. The number of carbonyl (C=O) groups excluding carboxylic acids is 2. The van der Waals surface area contributed by atoms with Crippen LogP contribution in [0, 0.1) is 0 Å². The zero-order valence-electron chi connectivity index (χ0n) is 30.6. The first-order valence-corrected chi connectivity index (χ1v) is 17.9. The lowest BCUT2D eigenvalue weighted by Gasteiger charge is -2.48. The lowest BCUT2D eigenvalue weighted by molar-refractivity contribution is -0.325. The highest BCUT2D eigenvalue weighted by Gasteiger charge is 2.55. The van der Waals surface area contributed by atoms with E-state index in [4.69, 9.17) is 42.6 Å². The lowest BCUT2D eigenvalue weighted by atomic mass is 9.93. The Labute approximate surface area is 314 Å². The SMILES string of the molecule is C=CCOC(=O)OC1[C@H](C)OC(C(=O)OC)[C@H](O[C@@H]2OC(CC)[C@H](OCc3ccccc3)[C@H](OCc3ccccc3)C2N=[N+]=[N-])[C@@H]1OCc1ccccc1. The van der Waals surface area contributed by atoms with Gasteiger partial charge in [-0.25, -0.2) is 9.59 Å². The molecule has 0 saturated carbocycles. The molecule has 0 amide bonds. The van der Waals surface area contributed by atoms with Gasteiger partial charge in [0.2, 0.25) is 0 Å². The monoisotopic (exact) mass is 745 g/mol. The molecule has 2 saturated heterocycles. The first-order valence-electron chi connectivity index (χ1n) is 17.9. The molecule has 0 aliphatic carbocycles. The van der Waals surface area contributed by atoms with E-state index < -0.39 is 73.3 Å². The van der Waals surface area contributed by atoms with E-state index in [1.54, 1.807) is 6.92 Å². The average molecular weight is 746 g/mol. The smallest absolute Gasteiger partial charge is 0.467 e. The van der Waals surface area contributed by atoms with E-state index in [-0.39, 0.29) is 26.4 Å². The van der Waals surface area contributed by atoms with Crippen LogP contribution in [-0.2, 0) is 67.2 Å². The Morgan fingerprint density at radius 1 is 0.796 bits per heavy atom. The summed E-state index contributed by atoms with van der Waals surface area (Å²) in [7, 11) is 1.22. The van der Waals surface area contributed by atoms with Crippen LogP contribution in [0.1, 0.15) is 37.0 Å². The summed E-state index contributed by atoms with van der Waals surface area (Å²) in [5.41, 5.74) is 12.5. The van der Waals surface area contributed by atoms with Crippen molar-refractivity contribution in [2.24, 2.45) is 5.11 Å². The van der Waals surface area contributed by atoms with Crippen molar-refractivity contribution >= 4 is 12.1 Å². The predicted octanol–water partition coefficient (Wildman–Crippen LogP) is 6.61. The fourth-order valence-corrected chi connectivity index (χ4v) is 6.45. The van der Waals surface area contributed by atoms with Crippen molar-refractivity contribution in [3.05, 3.63) is 131 Å². The van der Waals surface area contributed by atoms with Crippen LogP contribution in [-0.4, -0.2) is 87.0 Å². The Morgan fingerprint density at radius 2 is 1.33 bits per heavy atom. The van der Waals surface area contributed by atoms with E-state index in [2.05, 4.69) is 16.6 Å². The van der Waals surface area contributed by atoms with Gasteiger partial charge in [-0.2, -0.15) is 0 Å². The molecule has 10 atom stereocenters. The standard InChI is InChI=1S/C40H47N3O11/c1-5-22-47-40(45)54-32-26(3)51-37(38(44)46-4)36(35(32)50-25-29-20-14-9-15-21-29)53-39-31(42-43-41)34(49-24-28-18-12-8-13-19-28)33(30(6-2)52-39)48-23-27-16-10-7-11-17-27/h5,7-21,26,30-37,39H,1,6,22-25H2,2-4H3/t26-,30?,31?,32?,33-,34+,35+,36+,37?,39-/m0/s1. The molecule has 4 unspecified atom stereocenters. The number of benzene rings is 3. The fraction of sp³-hybridized carbons (Fsp3) is 0.450. The summed E-state index contributed by atoms with van der Waals surface area (Å²) in [5.74, 6) is -0.767. The van der Waals surface area contributed by atoms with Crippen LogP contribution in [0.3, 0.4) is 0 Å². The molecule has 14 nitrogen and oxygen atoms in total. The predicted molar refractivity (Wildman–Crippen MR) is 195 cm³/mol. The van der Waals surface area contributed by atoms with Crippen molar-refractivity contribution in [2.75, 3.05) is 13.7 Å². The van der Waals surface area contributed by atoms with E-state index in [9.17, 15) is 15.1 Å². The number of hydrogen-bond acceptors (Lipinski definition) is 12. The largest absolute Gasteiger partial charge is 0.509 e. The summed E-state index contributed by atoms with van der Waals surface area (Å²) in [6.45, 7) is 7.48. The van der Waals surface area contributed by atoms with Gasteiger partial charge in [0.1, 0.15) is 37.1 Å². The highest BCUT2D eigenvalue weighted by atomic mass is 16.8. The molecular weight excluding hydrogens is 698 g/mol. The van der Waals surface area contributed by atoms with Gasteiger partial charge in [-0.1, -0.05) is 116 Å². The molecule has 2 aliphatic heterocycles. The number of rotatable bonds is 17. The minimum absolute atomic E-state index is 0.0502. The molecule has 0 radical (unpaired) electrons. The number of nitrogens with zero attached hydrogens (tertiary/aromatic N) is 3. The molecule has 0 spiro atoms. The third-order valence-corrected chi connectivity index (χ3v) is 9.10. The second kappa shape index (κ2) is 20.6. The zero-order chi connectivity index (χ0) is 38.3. The first-order chi connectivity index (χ1) is 26.4. The number of esters is 1. The number of azide groups is 1. The van der Waals surface area contributed by atoms with E-state index in [0.29, 0.717) is 6.42 Å². The van der Waals surface area contributed by atoms with Gasteiger partial charge in [-0.3, -0.25) is 0 Å². The fourth-order valence-electron chi connectivity index (χ4n) is 6.45. The average Bonchev–Trinajstić information content (AvgIpc) is 3.20. The van der Waals surface area contributed by atoms with Crippen molar-refractivity contribution in [3.8, 4) is 0 Å². The summed E-state index contributed by atoms with van der Waals surface area (Å²) in [4.78, 5) is 29.3. The van der Waals surface area contributed by atoms with E-state index in [0.717, 1.165) is 16.7 Å². The number of ether oxygens (including phenoxy) is 9. The molecule has 2 aliphatic rings. The Bertz CT molecular complexity index is 1660. The second-order valence-corrected chi connectivity index (χ2v) is 12.7. The summed E-state index contributed by atoms with van der Waals surface area (Å²) in [5, 5.41) is 4.14. The molecule has 14 heteroatoms. The Kier molecular flexibility index (Phi) is 15.4. The number of hydrogen-bond donors (Lipinski definition) is 0. The molecule has 0 N–H and O–H groups in total. The van der Waals surface area contributed by atoms with Crippen molar-refractivity contribution in [3.63, 3.8) is 0 Å². The van der Waals surface area contributed by atoms with Crippen LogP contribution >= 0.6 is 0 Å². The normalized spacial score (nSPS) is 27.9. The topological polar surface area (TPSA) is 166 Å².